The molecule has 20 heavy (non-hydrogen) atoms. The van der Waals surface area contributed by atoms with E-state index in [0.717, 1.165) is 0 Å². The van der Waals surface area contributed by atoms with Gasteiger partial charge in [0.05, 0.1) is 24.9 Å². The summed E-state index contributed by atoms with van der Waals surface area (Å²) in [5.74, 6) is 0.179. The molecule has 0 aliphatic heterocycles. The van der Waals surface area contributed by atoms with E-state index >= 15 is 0 Å². The molecule has 0 N–H and O–H groups in total. The smallest absolute Gasteiger partial charge is 0.311 e. The first-order valence-corrected chi connectivity index (χ1v) is 6.33. The van der Waals surface area contributed by atoms with E-state index in [9.17, 15) is 14.9 Å². The van der Waals surface area contributed by atoms with Crippen molar-refractivity contribution in [3.05, 3.63) is 61.2 Å². The van der Waals surface area contributed by atoms with E-state index in [-0.39, 0.29) is 23.5 Å². The lowest BCUT2D eigenvalue weighted by Crippen LogP contribution is -2.21. The molecule has 0 unspecified atom stereocenters. The minimum atomic E-state index is -0.524. The number of aromatic nitrogens is 2. The molecule has 1 heterocycles. The van der Waals surface area contributed by atoms with Gasteiger partial charge in [0.2, 0.25) is 0 Å². The largest absolute Gasteiger partial charge is 0.490 e. The maximum atomic E-state index is 11.8. The summed E-state index contributed by atoms with van der Waals surface area (Å²) in [6.07, 6.45) is 2.78. The van der Waals surface area contributed by atoms with Gasteiger partial charge in [-0.2, -0.15) is 0 Å². The highest BCUT2D eigenvalue weighted by molar-refractivity contribution is 9.10. The molecular formula is C12H10BrN3O4. The fourth-order valence-corrected chi connectivity index (χ4v) is 2.06. The van der Waals surface area contributed by atoms with Crippen LogP contribution in [0.3, 0.4) is 0 Å². The molecule has 8 heteroatoms. The van der Waals surface area contributed by atoms with Gasteiger partial charge in [-0.1, -0.05) is 6.07 Å². The van der Waals surface area contributed by atoms with E-state index in [1.807, 2.05) is 0 Å². The number of rotatable bonds is 4. The van der Waals surface area contributed by atoms with Crippen LogP contribution in [-0.2, 0) is 6.54 Å². The van der Waals surface area contributed by atoms with E-state index in [0.29, 0.717) is 10.0 Å². The van der Waals surface area contributed by atoms with Crippen LogP contribution < -0.4 is 10.3 Å². The van der Waals surface area contributed by atoms with Crippen LogP contribution in [0.2, 0.25) is 0 Å². The Morgan fingerprint density at radius 3 is 2.90 bits per heavy atom. The van der Waals surface area contributed by atoms with Crippen LogP contribution in [0, 0.1) is 10.1 Å². The van der Waals surface area contributed by atoms with Crippen LogP contribution in [0.4, 0.5) is 5.69 Å². The molecule has 0 aliphatic carbocycles. The molecule has 0 aliphatic rings. The fourth-order valence-electron chi connectivity index (χ4n) is 1.71. The van der Waals surface area contributed by atoms with Crippen molar-refractivity contribution < 1.29 is 9.66 Å². The van der Waals surface area contributed by atoms with Gasteiger partial charge in [0, 0.05) is 12.3 Å². The number of methoxy groups -OCH3 is 1. The van der Waals surface area contributed by atoms with Gasteiger partial charge in [-0.3, -0.25) is 19.5 Å². The van der Waals surface area contributed by atoms with Gasteiger partial charge in [0.15, 0.2) is 5.75 Å². The van der Waals surface area contributed by atoms with Crippen molar-refractivity contribution >= 4 is 21.6 Å². The van der Waals surface area contributed by atoms with Crippen molar-refractivity contribution in [1.82, 2.24) is 9.55 Å². The number of halogens is 1. The van der Waals surface area contributed by atoms with Crippen LogP contribution >= 0.6 is 15.9 Å². The maximum Gasteiger partial charge on any atom is 0.311 e. The van der Waals surface area contributed by atoms with Crippen molar-refractivity contribution in [2.75, 3.05) is 7.11 Å². The molecule has 0 atom stereocenters. The lowest BCUT2D eigenvalue weighted by molar-refractivity contribution is -0.385. The van der Waals surface area contributed by atoms with Gasteiger partial charge < -0.3 is 4.74 Å². The van der Waals surface area contributed by atoms with E-state index in [1.54, 1.807) is 6.07 Å². The summed E-state index contributed by atoms with van der Waals surface area (Å²) >= 11 is 3.10. The summed E-state index contributed by atoms with van der Waals surface area (Å²) in [7, 11) is 1.37. The molecule has 2 aromatic rings. The van der Waals surface area contributed by atoms with Gasteiger partial charge in [-0.25, -0.2) is 4.98 Å². The highest BCUT2D eigenvalue weighted by atomic mass is 79.9. The molecule has 0 bridgehead atoms. The Bertz CT molecular complexity index is 714. The molecule has 0 fully saturated rings. The van der Waals surface area contributed by atoms with Crippen LogP contribution in [0.1, 0.15) is 5.56 Å². The highest BCUT2D eigenvalue weighted by Gasteiger charge is 2.15. The molecule has 0 saturated heterocycles. The standard InChI is InChI=1S/C12H10BrN3O4/c1-20-11-3-2-8(4-10(11)16(18)19)6-15-7-14-5-9(13)12(15)17/h2-5,7H,6H2,1H3. The molecule has 104 valence electrons. The van der Waals surface area contributed by atoms with Crippen LogP contribution in [0.5, 0.6) is 5.75 Å². The predicted molar refractivity (Wildman–Crippen MR) is 74.9 cm³/mol. The fraction of sp³-hybridized carbons (Fsp3) is 0.167. The predicted octanol–water partition coefficient (Wildman–Crippen LogP) is 1.97. The zero-order chi connectivity index (χ0) is 14.7. The lowest BCUT2D eigenvalue weighted by Gasteiger charge is -2.07. The monoisotopic (exact) mass is 339 g/mol. The number of nitro benzene ring substituents is 1. The maximum absolute atomic E-state index is 11.8. The van der Waals surface area contributed by atoms with Gasteiger partial charge in [-0.15, -0.1) is 0 Å². The molecule has 7 nitrogen and oxygen atoms in total. The molecule has 1 aromatic heterocycles. The summed E-state index contributed by atoms with van der Waals surface area (Å²) in [5, 5.41) is 10.9. The Morgan fingerprint density at radius 1 is 1.50 bits per heavy atom. The van der Waals surface area contributed by atoms with Crippen LogP contribution in [0.15, 0.2) is 40.0 Å². The Hall–Kier alpha value is -2.22. The number of ether oxygens (including phenoxy) is 1. The quantitative estimate of drug-likeness (QED) is 0.627. The summed E-state index contributed by atoms with van der Waals surface area (Å²) in [4.78, 5) is 26.1. The first-order valence-electron chi connectivity index (χ1n) is 5.54. The second-order valence-corrected chi connectivity index (χ2v) is 4.79. The van der Waals surface area contributed by atoms with Gasteiger partial charge >= 0.3 is 5.69 Å². The Labute approximate surface area is 122 Å². The molecular weight excluding hydrogens is 330 g/mol. The molecule has 0 amide bonds. The summed E-state index contributed by atoms with van der Waals surface area (Å²) in [6.45, 7) is 0.191. The normalized spacial score (nSPS) is 10.3. The minimum absolute atomic E-state index is 0.138. The number of nitro groups is 1. The lowest BCUT2D eigenvalue weighted by atomic mass is 10.2. The second kappa shape index (κ2) is 5.83. The Morgan fingerprint density at radius 2 is 2.25 bits per heavy atom. The Balaban J connectivity index is 2.39. The second-order valence-electron chi connectivity index (χ2n) is 3.94. The third-order valence-corrected chi connectivity index (χ3v) is 3.20. The summed E-state index contributed by atoms with van der Waals surface area (Å²) in [6, 6.07) is 4.55. The topological polar surface area (TPSA) is 87.3 Å². The third-order valence-electron chi connectivity index (χ3n) is 2.65. The summed E-state index contributed by atoms with van der Waals surface area (Å²) < 4.78 is 6.62. The highest BCUT2D eigenvalue weighted by Crippen LogP contribution is 2.27. The van der Waals surface area contributed by atoms with Crippen LogP contribution in [0.25, 0.3) is 0 Å². The van der Waals surface area contributed by atoms with Crippen molar-refractivity contribution in [3.63, 3.8) is 0 Å². The average Bonchev–Trinajstić information content (AvgIpc) is 2.43. The number of nitrogens with zero attached hydrogens (tertiary/aromatic N) is 3. The zero-order valence-corrected chi connectivity index (χ0v) is 12.0. The van der Waals surface area contributed by atoms with Crippen molar-refractivity contribution in [2.45, 2.75) is 6.54 Å². The molecule has 0 saturated carbocycles. The molecule has 0 spiro atoms. The first-order chi connectivity index (χ1) is 9.52. The molecule has 1 aromatic carbocycles. The van der Waals surface area contributed by atoms with E-state index in [2.05, 4.69) is 20.9 Å². The van der Waals surface area contributed by atoms with E-state index < -0.39 is 4.92 Å². The van der Waals surface area contributed by atoms with Crippen molar-refractivity contribution in [3.8, 4) is 5.75 Å². The number of hydrogen-bond acceptors (Lipinski definition) is 5. The van der Waals surface area contributed by atoms with Gasteiger partial charge in [0.25, 0.3) is 5.56 Å². The minimum Gasteiger partial charge on any atom is -0.490 e. The number of benzene rings is 1. The molecule has 2 rings (SSSR count). The van der Waals surface area contributed by atoms with Gasteiger partial charge in [0.1, 0.15) is 4.47 Å². The zero-order valence-electron chi connectivity index (χ0n) is 10.4. The SMILES string of the molecule is COc1ccc(Cn2cncc(Br)c2=O)cc1[N+](=O)[O-]. The van der Waals surface area contributed by atoms with Crippen molar-refractivity contribution in [1.29, 1.82) is 0 Å². The van der Waals surface area contributed by atoms with Crippen LogP contribution in [-0.4, -0.2) is 21.6 Å². The average molecular weight is 340 g/mol. The molecule has 0 radical (unpaired) electrons. The Kier molecular flexibility index (Phi) is 4.14. The van der Waals surface area contributed by atoms with E-state index in [4.69, 9.17) is 4.74 Å². The van der Waals surface area contributed by atoms with E-state index in [1.165, 1.54) is 36.3 Å². The van der Waals surface area contributed by atoms with Gasteiger partial charge in [-0.05, 0) is 27.6 Å². The summed E-state index contributed by atoms with van der Waals surface area (Å²) in [5.41, 5.74) is 0.221. The van der Waals surface area contributed by atoms with Crippen molar-refractivity contribution in [2.24, 2.45) is 0 Å². The third kappa shape index (κ3) is 2.85. The number of hydrogen-bond donors (Lipinski definition) is 0. The first kappa shape index (κ1) is 14.2.